The van der Waals surface area contributed by atoms with Crippen molar-refractivity contribution in [3.63, 3.8) is 0 Å². The lowest BCUT2D eigenvalue weighted by Crippen LogP contribution is -2.30. The van der Waals surface area contributed by atoms with Crippen LogP contribution in [0.5, 0.6) is 0 Å². The maximum Gasteiger partial charge on any atom is 0.231 e. The van der Waals surface area contributed by atoms with Crippen molar-refractivity contribution < 1.29 is 4.79 Å². The van der Waals surface area contributed by atoms with Crippen molar-refractivity contribution in [1.29, 1.82) is 0 Å². The molecule has 3 N–H and O–H groups in total. The Balaban J connectivity index is 1.72. The second-order valence-electron chi connectivity index (χ2n) is 5.27. The molecule has 0 bridgehead atoms. The SMILES string of the molecule is Cc1nc(-c2ccc(NC(=O)C3(CN)CC3)cc2)cs1. The summed E-state index contributed by atoms with van der Waals surface area (Å²) >= 11 is 1.63. The van der Waals surface area contributed by atoms with Gasteiger partial charge in [-0.25, -0.2) is 4.98 Å². The van der Waals surface area contributed by atoms with Gasteiger partial charge >= 0.3 is 0 Å². The minimum atomic E-state index is -0.315. The van der Waals surface area contributed by atoms with Gasteiger partial charge < -0.3 is 11.1 Å². The van der Waals surface area contributed by atoms with Gasteiger partial charge in [-0.05, 0) is 31.9 Å². The predicted octanol–water partition coefficient (Wildman–Crippen LogP) is 2.80. The molecule has 0 saturated heterocycles. The van der Waals surface area contributed by atoms with Crippen LogP contribution in [0.15, 0.2) is 29.6 Å². The summed E-state index contributed by atoms with van der Waals surface area (Å²) in [7, 11) is 0. The number of carbonyl (C=O) groups excluding carboxylic acids is 1. The van der Waals surface area contributed by atoms with Crippen LogP contribution < -0.4 is 11.1 Å². The zero-order valence-corrected chi connectivity index (χ0v) is 12.2. The van der Waals surface area contributed by atoms with Crippen LogP contribution in [0.2, 0.25) is 0 Å². The first-order chi connectivity index (χ1) is 9.63. The van der Waals surface area contributed by atoms with Gasteiger partial charge in [0.1, 0.15) is 0 Å². The second kappa shape index (κ2) is 5.00. The summed E-state index contributed by atoms with van der Waals surface area (Å²) in [6.07, 6.45) is 1.79. The highest BCUT2D eigenvalue weighted by atomic mass is 32.1. The third-order valence-corrected chi connectivity index (χ3v) is 4.56. The zero-order chi connectivity index (χ0) is 14.2. The molecule has 0 atom stereocenters. The highest BCUT2D eigenvalue weighted by Crippen LogP contribution is 2.45. The first-order valence-corrected chi connectivity index (χ1v) is 7.55. The zero-order valence-electron chi connectivity index (χ0n) is 11.3. The number of rotatable bonds is 4. The van der Waals surface area contributed by atoms with Gasteiger partial charge in [0.15, 0.2) is 0 Å². The van der Waals surface area contributed by atoms with E-state index in [1.165, 1.54) is 0 Å². The van der Waals surface area contributed by atoms with E-state index in [0.717, 1.165) is 34.8 Å². The van der Waals surface area contributed by atoms with Gasteiger partial charge in [0, 0.05) is 23.2 Å². The molecule has 1 aliphatic rings. The number of carbonyl (C=O) groups is 1. The average molecular weight is 287 g/mol. The molecule has 1 heterocycles. The monoisotopic (exact) mass is 287 g/mol. The standard InChI is InChI=1S/C15H17N3OS/c1-10-17-13(8-20-10)11-2-4-12(5-3-11)18-14(19)15(9-16)6-7-15/h2-5,8H,6-7,9,16H2,1H3,(H,18,19). The summed E-state index contributed by atoms with van der Waals surface area (Å²) in [6.45, 7) is 2.42. The van der Waals surface area contributed by atoms with Crippen LogP contribution in [-0.4, -0.2) is 17.4 Å². The van der Waals surface area contributed by atoms with Crippen molar-refractivity contribution in [3.05, 3.63) is 34.7 Å². The maximum absolute atomic E-state index is 12.1. The number of thiazole rings is 1. The number of aryl methyl sites for hydroxylation is 1. The molecule has 2 aromatic rings. The number of nitrogens with one attached hydrogen (secondary N) is 1. The van der Waals surface area contributed by atoms with E-state index in [1.807, 2.05) is 36.6 Å². The fraction of sp³-hybridized carbons (Fsp3) is 0.333. The molecule has 1 amide bonds. The fourth-order valence-electron chi connectivity index (χ4n) is 2.16. The second-order valence-corrected chi connectivity index (χ2v) is 6.33. The highest BCUT2D eigenvalue weighted by Gasteiger charge is 2.48. The van der Waals surface area contributed by atoms with Crippen molar-refractivity contribution in [3.8, 4) is 11.3 Å². The number of benzene rings is 1. The van der Waals surface area contributed by atoms with E-state index in [1.54, 1.807) is 11.3 Å². The van der Waals surface area contributed by atoms with E-state index in [0.29, 0.717) is 6.54 Å². The van der Waals surface area contributed by atoms with Crippen LogP contribution in [0.25, 0.3) is 11.3 Å². The van der Waals surface area contributed by atoms with E-state index < -0.39 is 0 Å². The van der Waals surface area contributed by atoms with Crippen LogP contribution in [0.1, 0.15) is 17.8 Å². The first kappa shape index (κ1) is 13.3. The highest BCUT2D eigenvalue weighted by molar-refractivity contribution is 7.09. The van der Waals surface area contributed by atoms with Crippen molar-refractivity contribution in [2.75, 3.05) is 11.9 Å². The fourth-order valence-corrected chi connectivity index (χ4v) is 2.78. The number of hydrogen-bond donors (Lipinski definition) is 2. The minimum Gasteiger partial charge on any atom is -0.329 e. The molecule has 20 heavy (non-hydrogen) atoms. The van der Waals surface area contributed by atoms with E-state index in [2.05, 4.69) is 10.3 Å². The number of amides is 1. The maximum atomic E-state index is 12.1. The topological polar surface area (TPSA) is 68.0 Å². The van der Waals surface area contributed by atoms with Crippen LogP contribution in [-0.2, 0) is 4.79 Å². The Morgan fingerprint density at radius 2 is 2.10 bits per heavy atom. The Kier molecular flexibility index (Phi) is 3.31. The summed E-state index contributed by atoms with van der Waals surface area (Å²) in [5.74, 6) is 0.0391. The molecule has 1 aliphatic carbocycles. The first-order valence-electron chi connectivity index (χ1n) is 6.67. The summed E-state index contributed by atoms with van der Waals surface area (Å²) in [4.78, 5) is 16.5. The largest absolute Gasteiger partial charge is 0.329 e. The quantitative estimate of drug-likeness (QED) is 0.908. The molecule has 0 spiro atoms. The third kappa shape index (κ3) is 2.46. The Bertz CT molecular complexity index is 629. The number of aromatic nitrogens is 1. The normalized spacial score (nSPS) is 15.9. The lowest BCUT2D eigenvalue weighted by atomic mass is 10.1. The van der Waals surface area contributed by atoms with Crippen LogP contribution >= 0.6 is 11.3 Å². The molecule has 3 rings (SSSR count). The van der Waals surface area contributed by atoms with E-state index >= 15 is 0 Å². The van der Waals surface area contributed by atoms with Crippen molar-refractivity contribution >= 4 is 22.9 Å². The average Bonchev–Trinajstić information content (AvgIpc) is 3.15. The summed E-state index contributed by atoms with van der Waals surface area (Å²) < 4.78 is 0. The Morgan fingerprint density at radius 3 is 2.60 bits per heavy atom. The van der Waals surface area contributed by atoms with Gasteiger partial charge in [-0.15, -0.1) is 11.3 Å². The Labute approximate surface area is 122 Å². The number of nitrogens with two attached hydrogens (primary N) is 1. The van der Waals surface area contributed by atoms with Crippen LogP contribution in [0.3, 0.4) is 0 Å². The molecule has 0 unspecified atom stereocenters. The predicted molar refractivity (Wildman–Crippen MR) is 81.6 cm³/mol. The molecule has 4 nitrogen and oxygen atoms in total. The molecule has 1 saturated carbocycles. The molecule has 1 aromatic carbocycles. The smallest absolute Gasteiger partial charge is 0.231 e. The molecular formula is C15H17N3OS. The van der Waals surface area contributed by atoms with Crippen LogP contribution in [0.4, 0.5) is 5.69 Å². The lowest BCUT2D eigenvalue weighted by molar-refractivity contribution is -0.120. The number of nitrogens with zero attached hydrogens (tertiary/aromatic N) is 1. The van der Waals surface area contributed by atoms with Gasteiger partial charge in [-0.3, -0.25) is 4.79 Å². The molecule has 104 valence electrons. The Morgan fingerprint density at radius 1 is 1.40 bits per heavy atom. The summed E-state index contributed by atoms with van der Waals surface area (Å²) in [5, 5.41) is 6.03. The Hall–Kier alpha value is -1.72. The number of hydrogen-bond acceptors (Lipinski definition) is 4. The van der Waals surface area contributed by atoms with Gasteiger partial charge in [0.05, 0.1) is 16.1 Å². The molecule has 0 aliphatic heterocycles. The third-order valence-electron chi connectivity index (χ3n) is 3.78. The summed E-state index contributed by atoms with van der Waals surface area (Å²) in [5.41, 5.74) is 8.19. The molecule has 1 aromatic heterocycles. The molecular weight excluding hydrogens is 270 g/mol. The van der Waals surface area contributed by atoms with Gasteiger partial charge in [0.2, 0.25) is 5.91 Å². The van der Waals surface area contributed by atoms with E-state index in [4.69, 9.17) is 5.73 Å². The van der Waals surface area contributed by atoms with Gasteiger partial charge in [-0.1, -0.05) is 12.1 Å². The van der Waals surface area contributed by atoms with Crippen molar-refractivity contribution in [2.24, 2.45) is 11.1 Å². The molecule has 0 radical (unpaired) electrons. The van der Waals surface area contributed by atoms with E-state index in [9.17, 15) is 4.79 Å². The van der Waals surface area contributed by atoms with E-state index in [-0.39, 0.29) is 11.3 Å². The molecule has 1 fully saturated rings. The van der Waals surface area contributed by atoms with Gasteiger partial charge in [0.25, 0.3) is 0 Å². The van der Waals surface area contributed by atoms with Gasteiger partial charge in [-0.2, -0.15) is 0 Å². The molecule has 5 heteroatoms. The minimum absolute atomic E-state index is 0.0391. The van der Waals surface area contributed by atoms with Crippen molar-refractivity contribution in [2.45, 2.75) is 19.8 Å². The number of anilines is 1. The summed E-state index contributed by atoms with van der Waals surface area (Å²) in [6, 6.07) is 7.78. The van der Waals surface area contributed by atoms with Crippen LogP contribution in [0, 0.1) is 12.3 Å². The lowest BCUT2D eigenvalue weighted by Gasteiger charge is -2.12. The van der Waals surface area contributed by atoms with Crippen molar-refractivity contribution in [1.82, 2.24) is 4.98 Å².